The van der Waals surface area contributed by atoms with Gasteiger partial charge < -0.3 is 9.64 Å². The highest BCUT2D eigenvalue weighted by Gasteiger charge is 2.21. The van der Waals surface area contributed by atoms with Crippen LogP contribution in [-0.2, 0) is 9.53 Å². The molecule has 0 bridgehead atoms. The Hall–Kier alpha value is -2.71. The molecule has 0 unspecified atom stereocenters. The first-order valence-electron chi connectivity index (χ1n) is 5.72. The predicted molar refractivity (Wildman–Crippen MR) is 68.4 cm³/mol. The van der Waals surface area contributed by atoms with Gasteiger partial charge in [-0.15, -0.1) is 0 Å². The van der Waals surface area contributed by atoms with Gasteiger partial charge in [0.05, 0.1) is 24.1 Å². The molecule has 2 aromatic rings. The number of ether oxygens (including phenoxy) is 1. The fourth-order valence-electron chi connectivity index (χ4n) is 1.78. The third-order valence-corrected chi connectivity index (χ3v) is 2.86. The van der Waals surface area contributed by atoms with E-state index in [1.807, 2.05) is 0 Å². The number of rotatable bonds is 5. The summed E-state index contributed by atoms with van der Waals surface area (Å²) in [5.41, 5.74) is 0.783. The van der Waals surface area contributed by atoms with Crippen LogP contribution in [0.5, 0.6) is 0 Å². The lowest BCUT2D eigenvalue weighted by Gasteiger charge is -2.18. The summed E-state index contributed by atoms with van der Waals surface area (Å²) in [4.78, 5) is 23.2. The Bertz CT molecular complexity index is 653. The summed E-state index contributed by atoms with van der Waals surface area (Å²) in [6, 6.07) is 2.87. The highest BCUT2D eigenvalue weighted by atomic mass is 16.6. The second-order valence-corrected chi connectivity index (χ2v) is 4.07. The van der Waals surface area contributed by atoms with E-state index in [4.69, 9.17) is 0 Å². The van der Waals surface area contributed by atoms with Gasteiger partial charge in [-0.2, -0.15) is 0 Å². The van der Waals surface area contributed by atoms with Gasteiger partial charge in [-0.05, 0) is 16.4 Å². The van der Waals surface area contributed by atoms with Crippen LogP contribution in [0.15, 0.2) is 16.8 Å². The minimum atomic E-state index is -0.551. The molecule has 1 aromatic carbocycles. The van der Waals surface area contributed by atoms with Crippen LogP contribution in [0.25, 0.3) is 11.0 Å². The van der Waals surface area contributed by atoms with Gasteiger partial charge in [0.25, 0.3) is 0 Å². The molecule has 20 heavy (non-hydrogen) atoms. The van der Waals surface area contributed by atoms with Crippen LogP contribution in [-0.4, -0.2) is 41.9 Å². The Morgan fingerprint density at radius 1 is 1.45 bits per heavy atom. The highest BCUT2D eigenvalue weighted by molar-refractivity contribution is 5.93. The van der Waals surface area contributed by atoms with E-state index in [-0.39, 0.29) is 29.1 Å². The lowest BCUT2D eigenvalue weighted by atomic mass is 10.2. The van der Waals surface area contributed by atoms with Crippen molar-refractivity contribution in [2.24, 2.45) is 0 Å². The maximum atomic E-state index is 11.1. The first-order valence-corrected chi connectivity index (χ1v) is 5.72. The molecule has 0 saturated carbocycles. The van der Waals surface area contributed by atoms with E-state index in [2.05, 4.69) is 19.7 Å². The van der Waals surface area contributed by atoms with Crippen molar-refractivity contribution in [2.75, 3.05) is 25.6 Å². The number of hydrogen-bond acceptors (Lipinski definition) is 8. The first-order chi connectivity index (χ1) is 9.54. The molecule has 1 heterocycles. The molecule has 0 aliphatic carbocycles. The van der Waals surface area contributed by atoms with Crippen LogP contribution in [0.4, 0.5) is 11.4 Å². The number of methoxy groups -OCH3 is 1. The van der Waals surface area contributed by atoms with Crippen LogP contribution in [0.1, 0.15) is 6.42 Å². The molecule has 0 atom stereocenters. The van der Waals surface area contributed by atoms with E-state index < -0.39 is 4.92 Å². The molecule has 0 amide bonds. The Morgan fingerprint density at radius 2 is 2.15 bits per heavy atom. The summed E-state index contributed by atoms with van der Waals surface area (Å²) in [5, 5.41) is 18.1. The molecule has 0 saturated heterocycles. The van der Waals surface area contributed by atoms with E-state index in [0.717, 1.165) is 0 Å². The third kappa shape index (κ3) is 2.51. The summed E-state index contributed by atoms with van der Waals surface area (Å²) in [7, 11) is 3.05. The number of nitro groups is 1. The topological polar surface area (TPSA) is 112 Å². The van der Waals surface area contributed by atoms with Crippen LogP contribution >= 0.6 is 0 Å². The van der Waals surface area contributed by atoms with Gasteiger partial charge in [0, 0.05) is 19.7 Å². The van der Waals surface area contributed by atoms with Crippen molar-refractivity contribution >= 4 is 28.4 Å². The van der Waals surface area contributed by atoms with Crippen molar-refractivity contribution in [3.05, 3.63) is 22.2 Å². The minimum Gasteiger partial charge on any atom is -0.469 e. The average molecular weight is 280 g/mol. The normalized spacial score (nSPS) is 10.5. The summed E-state index contributed by atoms with van der Waals surface area (Å²) >= 11 is 0. The van der Waals surface area contributed by atoms with E-state index in [0.29, 0.717) is 12.2 Å². The Labute approximate surface area is 113 Å². The number of hydrogen-bond donors (Lipinski definition) is 0. The van der Waals surface area contributed by atoms with Crippen molar-refractivity contribution in [1.82, 2.24) is 10.3 Å². The summed E-state index contributed by atoms with van der Waals surface area (Å²) in [6.07, 6.45) is 0.191. The van der Waals surface area contributed by atoms with Gasteiger partial charge in [0.15, 0.2) is 5.52 Å². The number of nitrogens with zero attached hydrogens (tertiary/aromatic N) is 4. The standard InChI is InChI=1S/C11H12N4O5/c1-14(6-5-9(16)19-2)7-3-4-8(15(17)18)11-10(7)12-20-13-11/h3-4H,5-6H2,1-2H3. The zero-order valence-electron chi connectivity index (χ0n) is 10.9. The van der Waals surface area contributed by atoms with E-state index >= 15 is 0 Å². The molecule has 0 aliphatic rings. The van der Waals surface area contributed by atoms with Crippen molar-refractivity contribution in [1.29, 1.82) is 0 Å². The molecule has 9 heteroatoms. The van der Waals surface area contributed by atoms with Gasteiger partial charge in [0.1, 0.15) is 0 Å². The second kappa shape index (κ2) is 5.51. The molecular formula is C11H12N4O5. The van der Waals surface area contributed by atoms with E-state index in [9.17, 15) is 14.9 Å². The second-order valence-electron chi connectivity index (χ2n) is 4.07. The lowest BCUT2D eigenvalue weighted by molar-refractivity contribution is -0.383. The van der Waals surface area contributed by atoms with Crippen molar-refractivity contribution < 1.29 is 19.1 Å². The summed E-state index contributed by atoms with van der Waals surface area (Å²) in [5.74, 6) is -0.340. The van der Waals surface area contributed by atoms with Gasteiger partial charge in [-0.25, -0.2) is 4.63 Å². The van der Waals surface area contributed by atoms with Crippen LogP contribution in [0.2, 0.25) is 0 Å². The van der Waals surface area contributed by atoms with Crippen molar-refractivity contribution in [3.8, 4) is 0 Å². The Morgan fingerprint density at radius 3 is 2.80 bits per heavy atom. The van der Waals surface area contributed by atoms with Crippen LogP contribution < -0.4 is 4.90 Å². The predicted octanol–water partition coefficient (Wildman–Crippen LogP) is 1.13. The molecular weight excluding hydrogens is 268 g/mol. The maximum Gasteiger partial charge on any atom is 0.307 e. The molecule has 0 spiro atoms. The fourth-order valence-corrected chi connectivity index (χ4v) is 1.78. The molecule has 0 fully saturated rings. The molecule has 106 valence electrons. The number of nitro benzene ring substituents is 1. The quantitative estimate of drug-likeness (QED) is 0.455. The van der Waals surface area contributed by atoms with Gasteiger partial charge in [-0.1, -0.05) is 0 Å². The number of esters is 1. The van der Waals surface area contributed by atoms with Crippen LogP contribution in [0.3, 0.4) is 0 Å². The zero-order valence-corrected chi connectivity index (χ0v) is 10.9. The van der Waals surface area contributed by atoms with E-state index in [1.165, 1.54) is 13.2 Å². The number of fused-ring (bicyclic) bond motifs is 1. The number of anilines is 1. The minimum absolute atomic E-state index is 0.0809. The van der Waals surface area contributed by atoms with Crippen molar-refractivity contribution in [2.45, 2.75) is 6.42 Å². The molecule has 1 aromatic heterocycles. The average Bonchev–Trinajstić information content (AvgIpc) is 2.92. The molecule has 0 radical (unpaired) electrons. The van der Waals surface area contributed by atoms with Gasteiger partial charge in [-0.3, -0.25) is 14.9 Å². The van der Waals surface area contributed by atoms with Crippen molar-refractivity contribution in [3.63, 3.8) is 0 Å². The zero-order chi connectivity index (χ0) is 14.7. The molecule has 0 aliphatic heterocycles. The van der Waals surface area contributed by atoms with Gasteiger partial charge >= 0.3 is 11.7 Å². The lowest BCUT2D eigenvalue weighted by Crippen LogP contribution is -2.21. The third-order valence-electron chi connectivity index (χ3n) is 2.86. The Kier molecular flexibility index (Phi) is 3.78. The smallest absolute Gasteiger partial charge is 0.307 e. The first kappa shape index (κ1) is 13.7. The monoisotopic (exact) mass is 280 g/mol. The molecule has 9 nitrogen and oxygen atoms in total. The largest absolute Gasteiger partial charge is 0.469 e. The number of benzene rings is 1. The van der Waals surface area contributed by atoms with Gasteiger partial charge in [0.2, 0.25) is 5.52 Å². The Balaban J connectivity index is 2.31. The number of carbonyl (C=O) groups is 1. The summed E-state index contributed by atoms with van der Waals surface area (Å²) in [6.45, 7) is 0.381. The number of carbonyl (C=O) groups excluding carboxylic acids is 1. The maximum absolute atomic E-state index is 11.1. The molecule has 2 rings (SSSR count). The SMILES string of the molecule is COC(=O)CCN(C)c1ccc([N+](=O)[O-])c2nonc12. The fraction of sp³-hybridized carbons (Fsp3) is 0.364. The number of non-ortho nitro benzene ring substituents is 1. The summed E-state index contributed by atoms with van der Waals surface area (Å²) < 4.78 is 9.13. The van der Waals surface area contributed by atoms with Crippen LogP contribution in [0, 0.1) is 10.1 Å². The molecule has 0 N–H and O–H groups in total. The highest BCUT2D eigenvalue weighted by Crippen LogP contribution is 2.30. The number of aromatic nitrogens is 2. The van der Waals surface area contributed by atoms with E-state index in [1.54, 1.807) is 18.0 Å².